The van der Waals surface area contributed by atoms with Crippen molar-refractivity contribution in [3.8, 4) is 17.5 Å². The fourth-order valence-corrected chi connectivity index (χ4v) is 1.85. The first-order chi connectivity index (χ1) is 8.38. The van der Waals surface area contributed by atoms with Crippen LogP contribution in [0.3, 0.4) is 0 Å². The molecule has 80 valence electrons. The summed E-state index contributed by atoms with van der Waals surface area (Å²) < 4.78 is 2.03. The highest BCUT2D eigenvalue weighted by atomic mass is 15.0. The number of benzene rings is 1. The number of hydrogen-bond acceptors (Lipinski definition) is 2. The van der Waals surface area contributed by atoms with Crippen molar-refractivity contribution in [3.05, 3.63) is 60.4 Å². The second-order valence-electron chi connectivity index (χ2n) is 3.77. The molecule has 0 unspecified atom stereocenters. The van der Waals surface area contributed by atoms with Gasteiger partial charge in [0.1, 0.15) is 5.82 Å². The van der Waals surface area contributed by atoms with Gasteiger partial charge in [0.25, 0.3) is 0 Å². The summed E-state index contributed by atoms with van der Waals surface area (Å²) in [5.74, 6) is 0.894. The summed E-state index contributed by atoms with van der Waals surface area (Å²) in [5, 5.41) is 8.76. The molecule has 0 spiro atoms. The summed E-state index contributed by atoms with van der Waals surface area (Å²) in [6.45, 7) is 0. The Labute approximate surface area is 98.6 Å². The van der Waals surface area contributed by atoms with Gasteiger partial charge in [0.15, 0.2) is 0 Å². The molecule has 0 atom stereocenters. The molecule has 2 heterocycles. The van der Waals surface area contributed by atoms with E-state index in [1.807, 2.05) is 47.1 Å². The summed E-state index contributed by atoms with van der Waals surface area (Å²) in [7, 11) is 0. The molecule has 1 aromatic carbocycles. The van der Waals surface area contributed by atoms with E-state index >= 15 is 0 Å². The highest BCUT2D eigenvalue weighted by Crippen LogP contribution is 2.19. The van der Waals surface area contributed by atoms with E-state index in [0.717, 1.165) is 16.9 Å². The van der Waals surface area contributed by atoms with Crippen molar-refractivity contribution >= 4 is 5.52 Å². The van der Waals surface area contributed by atoms with Crippen molar-refractivity contribution in [2.24, 2.45) is 0 Å². The lowest BCUT2D eigenvalue weighted by Crippen LogP contribution is -1.88. The summed E-state index contributed by atoms with van der Waals surface area (Å²) >= 11 is 0. The molecule has 0 saturated carbocycles. The first-order valence-corrected chi connectivity index (χ1v) is 5.31. The standard InChI is InChI=1S/C14H9N3/c15-9-11-4-6-12(7-5-11)14-16-10-13-3-1-2-8-17(13)14/h1-8,10H. The Morgan fingerprint density at radius 1 is 1.06 bits per heavy atom. The molecule has 3 aromatic rings. The Morgan fingerprint density at radius 3 is 2.65 bits per heavy atom. The fraction of sp³-hybridized carbons (Fsp3) is 0. The lowest BCUT2D eigenvalue weighted by atomic mass is 10.1. The molecule has 0 aliphatic heterocycles. The van der Waals surface area contributed by atoms with Crippen LogP contribution in [0.25, 0.3) is 16.9 Å². The van der Waals surface area contributed by atoms with Crippen molar-refractivity contribution in [3.63, 3.8) is 0 Å². The van der Waals surface area contributed by atoms with E-state index in [1.165, 1.54) is 0 Å². The van der Waals surface area contributed by atoms with Gasteiger partial charge in [0.05, 0.1) is 23.3 Å². The van der Waals surface area contributed by atoms with Crippen molar-refractivity contribution in [2.45, 2.75) is 0 Å². The number of imidazole rings is 1. The van der Waals surface area contributed by atoms with Crippen LogP contribution in [0.1, 0.15) is 5.56 Å². The molecule has 17 heavy (non-hydrogen) atoms. The third-order valence-corrected chi connectivity index (χ3v) is 2.71. The van der Waals surface area contributed by atoms with E-state index in [-0.39, 0.29) is 0 Å². The van der Waals surface area contributed by atoms with Gasteiger partial charge in [0, 0.05) is 11.8 Å². The van der Waals surface area contributed by atoms with Gasteiger partial charge < -0.3 is 0 Å². The predicted molar refractivity (Wildman–Crippen MR) is 65.3 cm³/mol. The van der Waals surface area contributed by atoms with Crippen LogP contribution in [0.5, 0.6) is 0 Å². The average Bonchev–Trinajstić information content (AvgIpc) is 2.83. The van der Waals surface area contributed by atoms with Crippen LogP contribution in [-0.4, -0.2) is 9.38 Å². The maximum Gasteiger partial charge on any atom is 0.144 e. The minimum Gasteiger partial charge on any atom is -0.300 e. The van der Waals surface area contributed by atoms with E-state index in [2.05, 4.69) is 11.1 Å². The molecule has 0 aliphatic rings. The number of hydrogen-bond donors (Lipinski definition) is 0. The van der Waals surface area contributed by atoms with Gasteiger partial charge in [0.2, 0.25) is 0 Å². The Bertz CT molecular complexity index is 702. The molecule has 0 fully saturated rings. The van der Waals surface area contributed by atoms with Gasteiger partial charge in [-0.15, -0.1) is 0 Å². The average molecular weight is 219 g/mol. The monoisotopic (exact) mass is 219 g/mol. The van der Waals surface area contributed by atoms with Crippen molar-refractivity contribution in [1.82, 2.24) is 9.38 Å². The van der Waals surface area contributed by atoms with Gasteiger partial charge >= 0.3 is 0 Å². The second kappa shape index (κ2) is 3.76. The fourth-order valence-electron chi connectivity index (χ4n) is 1.85. The van der Waals surface area contributed by atoms with Crippen molar-refractivity contribution in [1.29, 1.82) is 5.26 Å². The van der Waals surface area contributed by atoms with E-state index in [9.17, 15) is 0 Å². The van der Waals surface area contributed by atoms with E-state index in [1.54, 1.807) is 12.1 Å². The third-order valence-electron chi connectivity index (χ3n) is 2.71. The Morgan fingerprint density at radius 2 is 1.88 bits per heavy atom. The molecule has 0 aliphatic carbocycles. The first-order valence-electron chi connectivity index (χ1n) is 5.31. The molecular formula is C14H9N3. The van der Waals surface area contributed by atoms with Crippen molar-refractivity contribution in [2.75, 3.05) is 0 Å². The Hall–Kier alpha value is -2.60. The third kappa shape index (κ3) is 1.56. The summed E-state index contributed by atoms with van der Waals surface area (Å²) in [4.78, 5) is 4.40. The molecule has 3 nitrogen and oxygen atoms in total. The smallest absolute Gasteiger partial charge is 0.144 e. The molecule has 0 radical (unpaired) electrons. The quantitative estimate of drug-likeness (QED) is 0.631. The van der Waals surface area contributed by atoms with Gasteiger partial charge in [-0.2, -0.15) is 5.26 Å². The Balaban J connectivity index is 2.17. The van der Waals surface area contributed by atoms with Crippen LogP contribution < -0.4 is 0 Å². The number of fused-ring (bicyclic) bond motifs is 1. The molecule has 3 rings (SSSR count). The van der Waals surface area contributed by atoms with E-state index in [4.69, 9.17) is 5.26 Å². The summed E-state index contributed by atoms with van der Waals surface area (Å²) in [6, 6.07) is 15.5. The number of pyridine rings is 1. The predicted octanol–water partition coefficient (Wildman–Crippen LogP) is 2.87. The number of nitrogens with zero attached hydrogens (tertiary/aromatic N) is 3. The second-order valence-corrected chi connectivity index (χ2v) is 3.77. The summed E-state index contributed by atoms with van der Waals surface area (Å²) in [5.41, 5.74) is 2.73. The zero-order valence-corrected chi connectivity index (χ0v) is 9.04. The van der Waals surface area contributed by atoms with Crippen LogP contribution in [-0.2, 0) is 0 Å². The molecule has 0 N–H and O–H groups in total. The van der Waals surface area contributed by atoms with Crippen LogP contribution in [0.4, 0.5) is 0 Å². The molecule has 0 amide bonds. The zero-order chi connectivity index (χ0) is 11.7. The van der Waals surface area contributed by atoms with Crippen LogP contribution in [0.15, 0.2) is 54.9 Å². The first kappa shape index (κ1) is 9.61. The molecule has 0 saturated heterocycles. The Kier molecular flexibility index (Phi) is 2.13. The van der Waals surface area contributed by atoms with Crippen LogP contribution >= 0.6 is 0 Å². The van der Waals surface area contributed by atoms with E-state index in [0.29, 0.717) is 5.56 Å². The SMILES string of the molecule is N#Cc1ccc(-c2ncc3ccccn23)cc1. The minimum atomic E-state index is 0.662. The highest BCUT2D eigenvalue weighted by Gasteiger charge is 2.05. The lowest BCUT2D eigenvalue weighted by Gasteiger charge is -2.00. The topological polar surface area (TPSA) is 41.1 Å². The zero-order valence-electron chi connectivity index (χ0n) is 9.04. The normalized spacial score (nSPS) is 10.3. The molecule has 3 heteroatoms. The van der Waals surface area contributed by atoms with Crippen molar-refractivity contribution < 1.29 is 0 Å². The van der Waals surface area contributed by atoms with Gasteiger partial charge in [-0.25, -0.2) is 4.98 Å². The maximum absolute atomic E-state index is 8.76. The van der Waals surface area contributed by atoms with Gasteiger partial charge in [-0.1, -0.05) is 6.07 Å². The molecule has 0 bridgehead atoms. The van der Waals surface area contributed by atoms with Gasteiger partial charge in [-0.05, 0) is 36.4 Å². The largest absolute Gasteiger partial charge is 0.300 e. The summed E-state index contributed by atoms with van der Waals surface area (Å²) in [6.07, 6.45) is 3.82. The maximum atomic E-state index is 8.76. The van der Waals surface area contributed by atoms with E-state index < -0.39 is 0 Å². The number of nitriles is 1. The van der Waals surface area contributed by atoms with Crippen LogP contribution in [0, 0.1) is 11.3 Å². The molecule has 2 aromatic heterocycles. The number of rotatable bonds is 1. The highest BCUT2D eigenvalue weighted by molar-refractivity contribution is 5.62. The molecular weight excluding hydrogens is 210 g/mol. The minimum absolute atomic E-state index is 0.662. The van der Waals surface area contributed by atoms with Crippen LogP contribution in [0.2, 0.25) is 0 Å². The van der Waals surface area contributed by atoms with Gasteiger partial charge in [-0.3, -0.25) is 4.40 Å². The number of aromatic nitrogens is 2. The lowest BCUT2D eigenvalue weighted by molar-refractivity contribution is 1.16.